The number of aliphatic hydroxyl groups is 25. The molecule has 716 valence electrons. The first-order valence-electron chi connectivity index (χ1n) is 39.8. The summed E-state index contributed by atoms with van der Waals surface area (Å²) in [5, 5.41) is 294. The maximum absolute atomic E-state index is 13.6. The fraction of sp³-hybridized carbons (Fsp3) is 0.929. The van der Waals surface area contributed by atoms with Gasteiger partial charge in [-0.1, -0.05) is 0 Å². The van der Waals surface area contributed by atoms with Crippen LogP contribution in [0.5, 0.6) is 0 Å². The van der Waals surface area contributed by atoms with Crippen LogP contribution in [0.4, 0.5) is 0 Å². The first-order chi connectivity index (χ1) is 58.5. The Hall–Kier alpha value is -4.41. The topological polar surface area (TPSA) is 827 Å². The van der Waals surface area contributed by atoms with E-state index in [1.165, 1.54) is 13.8 Å². The molecule has 10 heterocycles. The molecule has 5 amide bonds. The minimum atomic E-state index is -2.65. The average Bonchev–Trinajstić information content (AvgIpc) is 0.758. The van der Waals surface area contributed by atoms with E-state index in [0.29, 0.717) is 0 Å². The van der Waals surface area contributed by atoms with Gasteiger partial charge in [0, 0.05) is 34.6 Å². The van der Waals surface area contributed by atoms with E-state index >= 15 is 0 Å². The van der Waals surface area contributed by atoms with Crippen LogP contribution in [0.3, 0.4) is 0 Å². The number of hydrogen-bond acceptors (Lipinski definition) is 49. The number of amides is 5. The van der Waals surface area contributed by atoms with Crippen molar-refractivity contribution in [1.29, 1.82) is 0 Å². The van der Waals surface area contributed by atoms with Gasteiger partial charge in [-0.25, -0.2) is 0 Å². The van der Waals surface area contributed by atoms with Gasteiger partial charge in [0.1, 0.15) is 232 Å². The molecule has 10 aliphatic rings. The predicted octanol–water partition coefficient (Wildman–Crippen LogP) is -20.0. The van der Waals surface area contributed by atoms with Gasteiger partial charge in [0.15, 0.2) is 62.9 Å². The highest BCUT2D eigenvalue weighted by molar-refractivity contribution is 5.75. The third kappa shape index (κ3) is 22.7. The molecule has 0 spiro atoms. The van der Waals surface area contributed by atoms with Gasteiger partial charge in [-0.3, -0.25) is 24.0 Å². The largest absolute Gasteiger partial charge is 0.394 e. The molecule has 0 aromatic carbocycles. The molecule has 1 unspecified atom stereocenters. The van der Waals surface area contributed by atoms with Crippen LogP contribution in [0.2, 0.25) is 0 Å². The van der Waals surface area contributed by atoms with Crippen LogP contribution in [0.25, 0.3) is 0 Å². The van der Waals surface area contributed by atoms with E-state index in [2.05, 4.69) is 26.6 Å². The van der Waals surface area contributed by atoms with Gasteiger partial charge in [-0.05, 0) is 13.8 Å². The summed E-state index contributed by atoms with van der Waals surface area (Å²) in [6, 6.07) is -9.41. The molecule has 0 aliphatic carbocycles. The van der Waals surface area contributed by atoms with Crippen molar-refractivity contribution in [3.05, 3.63) is 0 Å². The Morgan fingerprint density at radius 1 is 0.226 bits per heavy atom. The zero-order chi connectivity index (χ0) is 91.4. The maximum atomic E-state index is 13.6. The SMILES string of the molecule is CC(=O)N[C@@H]1[C@H](O[C@@H]2[C@@H](O[C@@H]3[C@H](O)[C@H](O[C@H]4[C@H](O)[C@@H](NC(C)=O)[C@H](O[C@H]5[C@H](O)[C@@H](NC(C)=O)C(O)O[C@@H]5CO[C@@H]5O[C@@H](C)[C@@H](O)[C@@H](O)[C@@H]5O)O[C@@H]4CO)O[C@H](CO[C@H]4O[C@H](CO)[C@@H](O)[C@H](O)[C@@H]4O[C@@H]4O[C@H](CO)[C@@H](O)[C@H](O)[C@H]4NC(C)=O)[C@H]3O)O[C@H](CO)[C@@H](O)[C@@H]2O)O[C@H](CO)[C@@H](O[C@@H]2O[C@H](CO)[C@H](O)[C@H](O)[C@H]2NC(C)=O)[C@@H]1O[C@@H]1O[C@@H](C)[C@@H](O)[C@@H](O)[C@@H]1O. The average molecular weight is 1810 g/mol. The zero-order valence-electron chi connectivity index (χ0n) is 67.5. The normalized spacial score (nSPS) is 49.0. The molecule has 10 fully saturated rings. The third-order valence-electron chi connectivity index (χ3n) is 22.8. The Balaban J connectivity index is 1.02. The third-order valence-corrected chi connectivity index (χ3v) is 22.8. The minimum absolute atomic E-state index is 0.845. The van der Waals surface area contributed by atoms with Crippen molar-refractivity contribution in [2.75, 3.05) is 52.9 Å². The van der Waals surface area contributed by atoms with Crippen molar-refractivity contribution >= 4 is 29.5 Å². The van der Waals surface area contributed by atoms with E-state index in [9.17, 15) is 152 Å². The number of nitrogens with one attached hydrogen (secondary N) is 5. The molecule has 54 nitrogen and oxygen atoms in total. The molecule has 50 atom stereocenters. The Morgan fingerprint density at radius 2 is 0.524 bits per heavy atom. The molecule has 0 radical (unpaired) electrons. The summed E-state index contributed by atoms with van der Waals surface area (Å²) in [6.45, 7) is -1.61. The quantitative estimate of drug-likeness (QED) is 0.0306. The molecular weight excluding hydrogens is 1690 g/mol. The van der Waals surface area contributed by atoms with Crippen molar-refractivity contribution in [3.8, 4) is 0 Å². The van der Waals surface area contributed by atoms with Gasteiger partial charge in [-0.2, -0.15) is 0 Å². The lowest BCUT2D eigenvalue weighted by atomic mass is 9.93. The summed E-state index contributed by atoms with van der Waals surface area (Å²) in [7, 11) is 0. The van der Waals surface area contributed by atoms with E-state index < -0.39 is 389 Å². The van der Waals surface area contributed by atoms with Crippen LogP contribution in [-0.4, -0.2) is 517 Å². The molecule has 0 bridgehead atoms. The smallest absolute Gasteiger partial charge is 0.217 e. The van der Waals surface area contributed by atoms with Gasteiger partial charge in [0.25, 0.3) is 0 Å². The van der Waals surface area contributed by atoms with Gasteiger partial charge < -0.3 is 244 Å². The highest BCUT2D eigenvalue weighted by Gasteiger charge is 2.62. The number of carbonyl (C=O) groups is 5. The van der Waals surface area contributed by atoms with Crippen LogP contribution in [-0.2, 0) is 114 Å². The fourth-order valence-corrected chi connectivity index (χ4v) is 16.1. The van der Waals surface area contributed by atoms with Crippen LogP contribution in [0.1, 0.15) is 48.5 Å². The van der Waals surface area contributed by atoms with Gasteiger partial charge in [-0.15, -0.1) is 0 Å². The summed E-state index contributed by atoms with van der Waals surface area (Å²) in [5.41, 5.74) is 0. The Labute approximate surface area is 703 Å². The highest BCUT2D eigenvalue weighted by Crippen LogP contribution is 2.41. The van der Waals surface area contributed by atoms with Gasteiger partial charge >= 0.3 is 0 Å². The highest BCUT2D eigenvalue weighted by atomic mass is 16.8. The fourth-order valence-electron chi connectivity index (χ4n) is 16.1. The second-order valence-electron chi connectivity index (χ2n) is 31.7. The monoisotopic (exact) mass is 1810 g/mol. The van der Waals surface area contributed by atoms with E-state index in [4.69, 9.17) is 90.0 Å². The minimum Gasteiger partial charge on any atom is -0.394 e. The number of aliphatic hydroxyl groups excluding tert-OH is 25. The van der Waals surface area contributed by atoms with Crippen molar-refractivity contribution in [2.45, 2.75) is 355 Å². The number of carbonyl (C=O) groups excluding carboxylic acids is 5. The van der Waals surface area contributed by atoms with E-state index in [1.807, 2.05) is 0 Å². The molecule has 30 N–H and O–H groups in total. The van der Waals surface area contributed by atoms with Crippen molar-refractivity contribution < 1.29 is 242 Å². The first kappa shape index (κ1) is 102. The van der Waals surface area contributed by atoms with Gasteiger partial charge in [0.2, 0.25) is 29.5 Å². The summed E-state index contributed by atoms with van der Waals surface area (Å²) in [6.07, 6.45) is -93.0. The lowest BCUT2D eigenvalue weighted by molar-refractivity contribution is -0.402. The summed E-state index contributed by atoms with van der Waals surface area (Å²) >= 11 is 0. The van der Waals surface area contributed by atoms with Crippen molar-refractivity contribution in [2.24, 2.45) is 0 Å². The Morgan fingerprint density at radius 3 is 0.992 bits per heavy atom. The summed E-state index contributed by atoms with van der Waals surface area (Å²) in [4.78, 5) is 64.6. The molecule has 10 aliphatic heterocycles. The molecule has 54 heteroatoms. The molecule has 0 aromatic rings. The molecule has 0 saturated carbocycles. The summed E-state index contributed by atoms with van der Waals surface area (Å²) in [5.74, 6) is -4.60. The summed E-state index contributed by atoms with van der Waals surface area (Å²) < 4.78 is 115. The second kappa shape index (κ2) is 44.2. The Bertz CT molecular complexity index is 3400. The standard InChI is InChI=1S/C70H117N5O49/c1-16-36(87)47(98)51(102)66(108-16)106-15-30-55(45(96)31(61(105)110-30)71-18(3)82)118-64-34(74-21(6)85)46(97)54(27(12-80)115-64)119-68-53(104)58(42(93)29(117-68)14-107-69-59(49(100)40(91)25(10-78)113-69)123-63-33(73-20(5)84)44(95)39(90)24(9-77)112-63)122-70-60(50(101)41(92)26(11-79)114-70)124-65-35(75-22(7)86)57(121-67-52(103)48(99)37(88)17(2)109-67)56(28(13-81)116-65)120-62-32(72-19(4)83)43(94)38(89)23(8-76)111-62/h16-17,23-70,76-81,87-105H,8-15H2,1-7H3,(H,71,82)(H,72,83)(H,73,84)(H,74,85)(H,75,86)/t16-,17-,23+,24+,25+,26+,27+,28+,29+,30+,31+,32+,33+,34+,35-,36+,37+,38-,39+,40+,41+,42+,43+,44+,45+,46+,47+,48+,49-,50-,51-,52-,53-,54+,55+,56+,57+,58-,59-,60-,61?,62-,63-,64-,65-,66+,67-,68-,69-,70+/m0/s1. The lowest BCUT2D eigenvalue weighted by Crippen LogP contribution is -2.72. The number of rotatable bonds is 31. The Kier molecular flexibility index (Phi) is 36.3. The second-order valence-corrected chi connectivity index (χ2v) is 31.7. The van der Waals surface area contributed by atoms with Crippen LogP contribution < -0.4 is 26.6 Å². The molecule has 10 rings (SSSR count). The van der Waals surface area contributed by atoms with Crippen LogP contribution >= 0.6 is 0 Å². The van der Waals surface area contributed by atoms with E-state index in [1.54, 1.807) is 0 Å². The predicted molar refractivity (Wildman–Crippen MR) is 385 cm³/mol. The van der Waals surface area contributed by atoms with Crippen LogP contribution in [0, 0.1) is 0 Å². The number of hydrogen-bond donors (Lipinski definition) is 30. The van der Waals surface area contributed by atoms with Gasteiger partial charge in [0.05, 0.1) is 65.1 Å². The van der Waals surface area contributed by atoms with E-state index in [-0.39, 0.29) is 0 Å². The molecule has 0 aromatic heterocycles. The number of ether oxygens (including phenoxy) is 19. The maximum Gasteiger partial charge on any atom is 0.217 e. The molecule has 124 heavy (non-hydrogen) atoms. The first-order valence-corrected chi connectivity index (χ1v) is 39.8. The van der Waals surface area contributed by atoms with Crippen molar-refractivity contribution in [3.63, 3.8) is 0 Å². The van der Waals surface area contributed by atoms with Crippen LogP contribution in [0.15, 0.2) is 0 Å². The van der Waals surface area contributed by atoms with E-state index in [0.717, 1.165) is 34.6 Å². The van der Waals surface area contributed by atoms with Crippen molar-refractivity contribution in [1.82, 2.24) is 26.6 Å². The molecular formula is C70H117N5O49. The lowest BCUT2D eigenvalue weighted by Gasteiger charge is -2.52. The zero-order valence-corrected chi connectivity index (χ0v) is 67.5. The molecule has 10 saturated heterocycles.